The van der Waals surface area contributed by atoms with Gasteiger partial charge in [-0.1, -0.05) is 39.0 Å². The van der Waals surface area contributed by atoms with Crippen molar-refractivity contribution in [3.63, 3.8) is 0 Å². The largest absolute Gasteiger partial charge is 0.393 e. The van der Waals surface area contributed by atoms with Crippen molar-refractivity contribution in [3.8, 4) is 0 Å². The molecule has 1 unspecified atom stereocenters. The minimum Gasteiger partial charge on any atom is -0.393 e. The lowest BCUT2D eigenvalue weighted by Gasteiger charge is -2.10. The maximum atomic E-state index is 9.85. The number of rotatable bonds is 17. The molecule has 0 aliphatic rings. The number of aliphatic hydroxyl groups excluding tert-OH is 1. The fraction of sp³-hybridized carbons (Fsp3) is 1.00. The predicted octanol–water partition coefficient (Wildman–Crippen LogP) is 3.21. The van der Waals surface area contributed by atoms with Crippen LogP contribution in [0.25, 0.3) is 0 Å². The van der Waals surface area contributed by atoms with Crippen LogP contribution in [0.5, 0.6) is 0 Å². The topological polar surface area (TPSA) is 80.2 Å². The molecule has 0 aliphatic carbocycles. The summed E-state index contributed by atoms with van der Waals surface area (Å²) >= 11 is 0. The molecule has 3 N–H and O–H groups in total. The van der Waals surface area contributed by atoms with Crippen molar-refractivity contribution in [1.82, 2.24) is 5.32 Å². The van der Waals surface area contributed by atoms with Gasteiger partial charge in [0.2, 0.25) is 0 Å². The Labute approximate surface area is 128 Å². The summed E-state index contributed by atoms with van der Waals surface area (Å²) in [7, 11) is 0. The van der Waals surface area contributed by atoms with Crippen molar-refractivity contribution in [1.29, 1.82) is 0 Å². The molecule has 0 amide bonds. The van der Waals surface area contributed by atoms with Crippen LogP contribution >= 0.6 is 0 Å². The van der Waals surface area contributed by atoms with E-state index in [2.05, 4.69) is 27.2 Å². The van der Waals surface area contributed by atoms with Gasteiger partial charge < -0.3 is 10.4 Å². The van der Waals surface area contributed by atoms with Gasteiger partial charge in [-0.2, -0.15) is 0 Å². The van der Waals surface area contributed by atoms with E-state index in [-0.39, 0.29) is 6.10 Å². The minimum atomic E-state index is -0.156. The third-order valence-electron chi connectivity index (χ3n) is 3.44. The van der Waals surface area contributed by atoms with E-state index in [0.717, 1.165) is 64.5 Å². The molecule has 0 spiro atoms. The van der Waals surface area contributed by atoms with Crippen molar-refractivity contribution in [2.24, 2.45) is 0 Å². The molecule has 0 aromatic rings. The molecule has 6 heteroatoms. The Morgan fingerprint density at radius 2 is 1.57 bits per heavy atom. The van der Waals surface area contributed by atoms with E-state index in [1.807, 2.05) is 0 Å². The molecule has 21 heavy (non-hydrogen) atoms. The van der Waals surface area contributed by atoms with E-state index in [1.165, 1.54) is 12.8 Å². The van der Waals surface area contributed by atoms with Crippen molar-refractivity contribution >= 4 is 0 Å². The molecule has 0 aromatic heterocycles. The zero-order valence-electron chi connectivity index (χ0n) is 13.4. The highest BCUT2D eigenvalue weighted by atomic mass is 17.6. The second kappa shape index (κ2) is 17.8. The summed E-state index contributed by atoms with van der Waals surface area (Å²) in [5.74, 6) is 0. The Balaban J connectivity index is 3.10. The molecule has 0 radical (unpaired) electrons. The normalized spacial score (nSPS) is 12.7. The van der Waals surface area contributed by atoms with Gasteiger partial charge in [0.1, 0.15) is 0 Å². The smallest absolute Gasteiger partial charge is 0.0854 e. The minimum absolute atomic E-state index is 0.156. The van der Waals surface area contributed by atoms with E-state index in [9.17, 15) is 5.11 Å². The van der Waals surface area contributed by atoms with Gasteiger partial charge in [-0.25, -0.2) is 10.1 Å². The molecule has 0 rings (SSSR count). The number of unbranched alkanes of at least 4 members (excludes halogenated alkanes) is 5. The van der Waals surface area contributed by atoms with E-state index in [1.54, 1.807) is 0 Å². The van der Waals surface area contributed by atoms with E-state index in [0.29, 0.717) is 6.61 Å². The van der Waals surface area contributed by atoms with Gasteiger partial charge in [-0.15, -0.1) is 0 Å². The van der Waals surface area contributed by atoms with Crippen LogP contribution in [0.1, 0.15) is 71.1 Å². The molecule has 6 nitrogen and oxygen atoms in total. The summed E-state index contributed by atoms with van der Waals surface area (Å²) < 4.78 is 0. The van der Waals surface area contributed by atoms with Gasteiger partial charge in [0.15, 0.2) is 0 Å². The van der Waals surface area contributed by atoms with Crippen LogP contribution in [0.2, 0.25) is 0 Å². The number of nitrogens with one attached hydrogen (secondary N) is 1. The lowest BCUT2D eigenvalue weighted by molar-refractivity contribution is -0.623. The van der Waals surface area contributed by atoms with Crippen LogP contribution in [-0.4, -0.2) is 36.2 Å². The highest BCUT2D eigenvalue weighted by molar-refractivity contribution is 4.58. The Morgan fingerprint density at radius 3 is 2.33 bits per heavy atom. The van der Waals surface area contributed by atoms with Gasteiger partial charge in [0, 0.05) is 0 Å². The van der Waals surface area contributed by atoms with Crippen LogP contribution < -0.4 is 5.32 Å². The van der Waals surface area contributed by atoms with Gasteiger partial charge in [-0.05, 0) is 55.3 Å². The third-order valence-corrected chi connectivity index (χ3v) is 3.44. The average molecular weight is 307 g/mol. The van der Waals surface area contributed by atoms with Gasteiger partial charge in [0.25, 0.3) is 0 Å². The second-order valence-electron chi connectivity index (χ2n) is 5.42. The molecular weight excluding hydrogens is 274 g/mol. The standard InChI is InChI=1S/C15H33NO5/c1-2-3-12-16-13-9-11-15(17)10-7-5-4-6-8-14-19-21-20-18/h15-18H,2-14H2,1H3. The summed E-state index contributed by atoms with van der Waals surface area (Å²) in [6, 6.07) is 0. The lowest BCUT2D eigenvalue weighted by atomic mass is 10.0. The summed E-state index contributed by atoms with van der Waals surface area (Å²) in [5.41, 5.74) is 0. The number of hydrogen-bond acceptors (Lipinski definition) is 6. The van der Waals surface area contributed by atoms with Gasteiger partial charge in [0.05, 0.1) is 12.7 Å². The highest BCUT2D eigenvalue weighted by Gasteiger charge is 2.03. The van der Waals surface area contributed by atoms with Crippen LogP contribution in [0, 0.1) is 0 Å². The first-order valence-corrected chi connectivity index (χ1v) is 8.29. The fourth-order valence-corrected chi connectivity index (χ4v) is 2.16. The Hall–Kier alpha value is -0.240. The summed E-state index contributed by atoms with van der Waals surface area (Å²) in [5, 5.41) is 28.3. The first-order valence-electron chi connectivity index (χ1n) is 8.29. The Morgan fingerprint density at radius 1 is 0.905 bits per heavy atom. The fourth-order valence-electron chi connectivity index (χ4n) is 2.16. The monoisotopic (exact) mass is 307 g/mol. The molecule has 0 bridgehead atoms. The van der Waals surface area contributed by atoms with Crippen molar-refractivity contribution < 1.29 is 25.3 Å². The Bertz CT molecular complexity index is 195. The van der Waals surface area contributed by atoms with Crippen molar-refractivity contribution in [2.45, 2.75) is 77.2 Å². The van der Waals surface area contributed by atoms with E-state index < -0.39 is 0 Å². The SMILES string of the molecule is CCCCNCCCC(O)CCCCCCCOOOO. The van der Waals surface area contributed by atoms with Gasteiger partial charge >= 0.3 is 0 Å². The molecule has 0 saturated carbocycles. The van der Waals surface area contributed by atoms with Crippen LogP contribution in [0.4, 0.5) is 0 Å². The third kappa shape index (κ3) is 17.7. The highest BCUT2D eigenvalue weighted by Crippen LogP contribution is 2.10. The maximum absolute atomic E-state index is 9.85. The molecular formula is C15H33NO5. The lowest BCUT2D eigenvalue weighted by Crippen LogP contribution is -2.18. The van der Waals surface area contributed by atoms with Crippen LogP contribution in [-0.2, 0) is 15.0 Å². The second-order valence-corrected chi connectivity index (χ2v) is 5.42. The molecule has 0 fully saturated rings. The summed E-state index contributed by atoms with van der Waals surface area (Å²) in [6.07, 6.45) is 10.4. The van der Waals surface area contributed by atoms with Gasteiger partial charge in [-0.3, -0.25) is 0 Å². The number of hydrogen-bond donors (Lipinski definition) is 3. The summed E-state index contributed by atoms with van der Waals surface area (Å²) in [6.45, 7) is 4.70. The van der Waals surface area contributed by atoms with E-state index >= 15 is 0 Å². The first-order chi connectivity index (χ1) is 10.3. The van der Waals surface area contributed by atoms with Crippen molar-refractivity contribution in [3.05, 3.63) is 0 Å². The molecule has 0 aliphatic heterocycles. The van der Waals surface area contributed by atoms with Crippen molar-refractivity contribution in [2.75, 3.05) is 19.7 Å². The zero-order valence-corrected chi connectivity index (χ0v) is 13.4. The zero-order chi connectivity index (χ0) is 15.6. The maximum Gasteiger partial charge on any atom is 0.0854 e. The van der Waals surface area contributed by atoms with Crippen LogP contribution in [0.15, 0.2) is 0 Å². The molecule has 1 atom stereocenters. The molecule has 0 saturated heterocycles. The average Bonchev–Trinajstić information content (AvgIpc) is 2.49. The molecule has 0 aromatic carbocycles. The first kappa shape index (κ1) is 20.8. The molecule has 128 valence electrons. The quantitative estimate of drug-likeness (QED) is 0.217. The van der Waals surface area contributed by atoms with Crippen LogP contribution in [0.3, 0.4) is 0 Å². The Kier molecular flexibility index (Phi) is 17.6. The molecule has 0 heterocycles. The predicted molar refractivity (Wildman–Crippen MR) is 81.5 cm³/mol. The number of aliphatic hydroxyl groups is 1. The van der Waals surface area contributed by atoms with E-state index in [4.69, 9.17) is 5.26 Å². The summed E-state index contributed by atoms with van der Waals surface area (Å²) in [4.78, 5) is 4.49.